The molecule has 0 aliphatic heterocycles. The molecule has 0 unspecified atom stereocenters. The van der Waals surface area contributed by atoms with Crippen molar-refractivity contribution in [1.29, 1.82) is 0 Å². The predicted octanol–water partition coefficient (Wildman–Crippen LogP) is 4.23. The molecule has 18 heavy (non-hydrogen) atoms. The third-order valence-corrected chi connectivity index (χ3v) is 1.56. The lowest BCUT2D eigenvalue weighted by atomic mass is 10.2. The Labute approximate surface area is 111 Å². The average Bonchev–Trinajstić information content (AvgIpc) is 2.46. The highest BCUT2D eigenvalue weighted by molar-refractivity contribution is 5.11. The van der Waals surface area contributed by atoms with E-state index in [1.807, 2.05) is 52.8 Å². The van der Waals surface area contributed by atoms with Gasteiger partial charge in [0.15, 0.2) is 0 Å². The Hall–Kier alpha value is -1.77. The van der Waals surface area contributed by atoms with Crippen LogP contribution in [-0.2, 0) is 0 Å². The summed E-state index contributed by atoms with van der Waals surface area (Å²) in [5.74, 6) is 0.759. The third kappa shape index (κ3) is 12.3. The summed E-state index contributed by atoms with van der Waals surface area (Å²) in [5.41, 5.74) is 1.32. The van der Waals surface area contributed by atoms with Gasteiger partial charge in [-0.15, -0.1) is 0 Å². The first-order valence-corrected chi connectivity index (χ1v) is 6.39. The Balaban J connectivity index is 0. The second-order valence-corrected chi connectivity index (χ2v) is 2.84. The van der Waals surface area contributed by atoms with Gasteiger partial charge in [-0.25, -0.2) is 15.0 Å². The number of aryl methyl sites for hydroxylation is 2. The van der Waals surface area contributed by atoms with Crippen LogP contribution in [-0.4, -0.2) is 15.0 Å². The summed E-state index contributed by atoms with van der Waals surface area (Å²) in [5, 5.41) is 0. The molecule has 0 aliphatic carbocycles. The maximum atomic E-state index is 3.76. The number of rotatable bonds is 0. The number of aromatic nitrogens is 3. The minimum Gasteiger partial charge on any atom is -0.225 e. The molecule has 2 rings (SSSR count). The fourth-order valence-corrected chi connectivity index (χ4v) is 0.831. The Morgan fingerprint density at radius 3 is 1.39 bits per heavy atom. The summed E-state index contributed by atoms with van der Waals surface area (Å²) >= 11 is 0. The van der Waals surface area contributed by atoms with E-state index in [4.69, 9.17) is 0 Å². The normalized spacial score (nSPS) is 7.44. The van der Waals surface area contributed by atoms with Gasteiger partial charge in [0.2, 0.25) is 0 Å². The first kappa shape index (κ1) is 18.6. The first-order valence-electron chi connectivity index (χ1n) is 6.39. The van der Waals surface area contributed by atoms with Crippen LogP contribution in [0.4, 0.5) is 0 Å². The molecule has 0 amide bonds. The molecule has 0 bridgehead atoms. The molecule has 100 valence electrons. The minimum atomic E-state index is 0.759. The van der Waals surface area contributed by atoms with Crippen molar-refractivity contribution in [3.8, 4) is 0 Å². The van der Waals surface area contributed by atoms with Gasteiger partial charge in [-0.3, -0.25) is 0 Å². The van der Waals surface area contributed by atoms with Crippen LogP contribution in [0.25, 0.3) is 0 Å². The lowest BCUT2D eigenvalue weighted by Gasteiger charge is -1.82. The molecule has 0 spiro atoms. The Bertz CT molecular complexity index is 309. The van der Waals surface area contributed by atoms with Crippen LogP contribution in [0.2, 0.25) is 0 Å². The van der Waals surface area contributed by atoms with E-state index in [9.17, 15) is 0 Å². The molecule has 3 nitrogen and oxygen atoms in total. The van der Waals surface area contributed by atoms with Gasteiger partial charge in [0, 0.05) is 0 Å². The number of benzene rings is 1. The van der Waals surface area contributed by atoms with E-state index in [1.165, 1.54) is 18.2 Å². The van der Waals surface area contributed by atoms with Gasteiger partial charge >= 0.3 is 0 Å². The first-order chi connectivity index (χ1) is 8.79. The van der Waals surface area contributed by atoms with Gasteiger partial charge in [-0.05, 0) is 13.8 Å². The summed E-state index contributed by atoms with van der Waals surface area (Å²) in [6.07, 6.45) is 2.95. The highest BCUT2D eigenvalue weighted by Crippen LogP contribution is 1.92. The summed E-state index contributed by atoms with van der Waals surface area (Å²) in [6.45, 7) is 11.9. The zero-order chi connectivity index (χ0) is 14.2. The van der Waals surface area contributed by atoms with E-state index in [-0.39, 0.29) is 0 Å². The molecule has 0 saturated carbocycles. The largest absolute Gasteiger partial charge is 0.225 e. The van der Waals surface area contributed by atoms with Crippen molar-refractivity contribution in [1.82, 2.24) is 15.0 Å². The lowest BCUT2D eigenvalue weighted by molar-refractivity contribution is 0.974. The Kier molecular flexibility index (Phi) is 15.7. The summed E-state index contributed by atoms with van der Waals surface area (Å²) in [6, 6.07) is 10.3. The quantitative estimate of drug-likeness (QED) is 0.699. The van der Waals surface area contributed by atoms with Gasteiger partial charge in [0.1, 0.15) is 18.5 Å². The average molecular weight is 247 g/mol. The number of nitrogens with zero attached hydrogens (tertiary/aromatic N) is 3. The van der Waals surface area contributed by atoms with Crippen LogP contribution >= 0.6 is 0 Å². The second-order valence-electron chi connectivity index (χ2n) is 2.84. The van der Waals surface area contributed by atoms with Crippen LogP contribution in [0.3, 0.4) is 0 Å². The minimum absolute atomic E-state index is 0.759. The van der Waals surface area contributed by atoms with Crippen molar-refractivity contribution in [3.63, 3.8) is 0 Å². The van der Waals surface area contributed by atoms with Crippen LogP contribution < -0.4 is 0 Å². The van der Waals surface area contributed by atoms with Gasteiger partial charge in [-0.2, -0.15) is 0 Å². The van der Waals surface area contributed by atoms with E-state index in [0.717, 1.165) is 5.82 Å². The fourth-order valence-electron chi connectivity index (χ4n) is 0.831. The molecule has 2 aromatic rings. The van der Waals surface area contributed by atoms with Crippen LogP contribution in [0.15, 0.2) is 43.0 Å². The van der Waals surface area contributed by atoms with Crippen molar-refractivity contribution in [2.24, 2.45) is 0 Å². The van der Waals surface area contributed by atoms with E-state index < -0.39 is 0 Å². The van der Waals surface area contributed by atoms with Gasteiger partial charge < -0.3 is 0 Å². The molecule has 0 N–H and O–H groups in total. The molecular weight excluding hydrogens is 222 g/mol. The summed E-state index contributed by atoms with van der Waals surface area (Å²) in [4.78, 5) is 11.1. The van der Waals surface area contributed by atoms with Crippen LogP contribution in [0.1, 0.15) is 39.1 Å². The number of hydrogen-bond donors (Lipinski definition) is 0. The molecule has 0 saturated heterocycles. The van der Waals surface area contributed by atoms with E-state index in [0.29, 0.717) is 0 Å². The molecule has 0 fully saturated rings. The van der Waals surface area contributed by atoms with Crippen molar-refractivity contribution >= 4 is 0 Å². The van der Waals surface area contributed by atoms with Gasteiger partial charge in [0.25, 0.3) is 0 Å². The molecule has 1 aromatic carbocycles. The molecule has 0 atom stereocenters. The smallest absolute Gasteiger partial charge is 0.128 e. The van der Waals surface area contributed by atoms with Crippen molar-refractivity contribution in [2.75, 3.05) is 0 Å². The van der Waals surface area contributed by atoms with Crippen molar-refractivity contribution in [2.45, 2.75) is 41.5 Å². The van der Waals surface area contributed by atoms with Gasteiger partial charge in [0.05, 0.1) is 0 Å². The lowest BCUT2D eigenvalue weighted by Crippen LogP contribution is -1.84. The third-order valence-electron chi connectivity index (χ3n) is 1.56. The monoisotopic (exact) mass is 247 g/mol. The highest BCUT2D eigenvalue weighted by Gasteiger charge is 1.75. The van der Waals surface area contributed by atoms with Crippen LogP contribution in [0.5, 0.6) is 0 Å². The van der Waals surface area contributed by atoms with E-state index in [2.05, 4.69) is 34.0 Å². The number of hydrogen-bond acceptors (Lipinski definition) is 3. The zero-order valence-corrected chi connectivity index (χ0v) is 12.4. The van der Waals surface area contributed by atoms with Crippen molar-refractivity contribution < 1.29 is 0 Å². The molecule has 0 aliphatic rings. The standard InChI is InChI=1S/C7H8.C4H5N3.2C2H6/c1-7-5-3-2-4-6-7;1-4-6-2-5-3-7-4;2*1-2/h2-6H,1H3;2-3H,1H3;2*1-2H3. The zero-order valence-electron chi connectivity index (χ0n) is 12.4. The van der Waals surface area contributed by atoms with Crippen molar-refractivity contribution in [3.05, 3.63) is 54.4 Å². The highest BCUT2D eigenvalue weighted by atomic mass is 15.0. The fraction of sp³-hybridized carbons (Fsp3) is 0.400. The van der Waals surface area contributed by atoms with E-state index >= 15 is 0 Å². The topological polar surface area (TPSA) is 38.7 Å². The molecule has 1 heterocycles. The predicted molar refractivity (Wildman–Crippen MR) is 78.4 cm³/mol. The second kappa shape index (κ2) is 15.2. The van der Waals surface area contributed by atoms with Gasteiger partial charge in [-0.1, -0.05) is 63.6 Å². The molecule has 3 heteroatoms. The molecular formula is C15H25N3. The Morgan fingerprint density at radius 1 is 0.722 bits per heavy atom. The summed E-state index contributed by atoms with van der Waals surface area (Å²) in [7, 11) is 0. The van der Waals surface area contributed by atoms with Crippen LogP contribution in [0, 0.1) is 13.8 Å². The molecule has 1 aromatic heterocycles. The summed E-state index contributed by atoms with van der Waals surface area (Å²) < 4.78 is 0. The van der Waals surface area contributed by atoms with E-state index in [1.54, 1.807) is 0 Å². The SMILES string of the molecule is CC.CC.Cc1ccccc1.Cc1ncncn1. The maximum absolute atomic E-state index is 3.76. The molecule has 0 radical (unpaired) electrons. The maximum Gasteiger partial charge on any atom is 0.128 e. The Morgan fingerprint density at radius 2 is 1.17 bits per heavy atom.